The minimum atomic E-state index is -0.359. The second kappa shape index (κ2) is 5.24. The first kappa shape index (κ1) is 13.9. The van der Waals surface area contributed by atoms with Gasteiger partial charge in [-0.25, -0.2) is 0 Å². The molecule has 0 aromatic carbocycles. The van der Waals surface area contributed by atoms with E-state index in [1.54, 1.807) is 13.0 Å². The highest BCUT2D eigenvalue weighted by molar-refractivity contribution is 5.78. The Labute approximate surface area is 116 Å². The van der Waals surface area contributed by atoms with Gasteiger partial charge >= 0.3 is 0 Å². The molecule has 0 spiro atoms. The Hall–Kier alpha value is -2.50. The summed E-state index contributed by atoms with van der Waals surface area (Å²) in [7, 11) is 3.01. The summed E-state index contributed by atoms with van der Waals surface area (Å²) in [5, 5.41) is 10.0. The molecular weight excluding hydrogens is 260 g/mol. The third kappa shape index (κ3) is 2.32. The number of aromatic hydroxyl groups is 1. The summed E-state index contributed by atoms with van der Waals surface area (Å²) in [4.78, 5) is 17.9. The number of hydrogen-bond acceptors (Lipinski definition) is 5. The zero-order valence-corrected chi connectivity index (χ0v) is 11.8. The first-order chi connectivity index (χ1) is 9.47. The van der Waals surface area contributed by atoms with Crippen LogP contribution in [0.4, 0.5) is 0 Å². The van der Waals surface area contributed by atoms with Crippen LogP contribution < -0.4 is 15.0 Å². The van der Waals surface area contributed by atoms with Gasteiger partial charge in [-0.15, -0.1) is 0 Å². The van der Waals surface area contributed by atoms with E-state index >= 15 is 0 Å². The van der Waals surface area contributed by atoms with E-state index < -0.39 is 0 Å². The van der Waals surface area contributed by atoms with Gasteiger partial charge in [-0.2, -0.15) is 4.98 Å². The second-order valence-electron chi connectivity index (χ2n) is 4.41. The van der Waals surface area contributed by atoms with Gasteiger partial charge in [0.15, 0.2) is 5.88 Å². The lowest BCUT2D eigenvalue weighted by Gasteiger charge is -2.15. The molecule has 0 bridgehead atoms. The number of rotatable bonds is 3. The van der Waals surface area contributed by atoms with Crippen LogP contribution in [0, 0.1) is 13.8 Å². The molecule has 0 aliphatic carbocycles. The maximum Gasteiger partial charge on any atom is 0.250 e. The summed E-state index contributed by atoms with van der Waals surface area (Å²) in [6.45, 7) is 3.60. The van der Waals surface area contributed by atoms with Gasteiger partial charge in [-0.3, -0.25) is 9.78 Å². The standard InChI is InChI=1S/C14H16N2O4/c1-7-5-9(17)15-13(18)11(7)12-8(2)6-10(19-3)16-14(12)20-4/h5-6H,1-4H3,(H2,15,17,18). The molecule has 106 valence electrons. The molecule has 0 aliphatic rings. The van der Waals surface area contributed by atoms with Crippen molar-refractivity contribution in [1.82, 2.24) is 9.97 Å². The summed E-state index contributed by atoms with van der Waals surface area (Å²) in [5.74, 6) is 0.542. The normalized spacial score (nSPS) is 10.4. The van der Waals surface area contributed by atoms with Gasteiger partial charge in [0, 0.05) is 12.1 Å². The van der Waals surface area contributed by atoms with Crippen LogP contribution in [0.15, 0.2) is 16.9 Å². The fourth-order valence-electron chi connectivity index (χ4n) is 2.16. The van der Waals surface area contributed by atoms with Crippen LogP contribution in [-0.4, -0.2) is 29.3 Å². The van der Waals surface area contributed by atoms with Crippen molar-refractivity contribution in [2.24, 2.45) is 0 Å². The van der Waals surface area contributed by atoms with Crippen molar-refractivity contribution in [3.05, 3.63) is 33.6 Å². The summed E-state index contributed by atoms with van der Waals surface area (Å²) >= 11 is 0. The van der Waals surface area contributed by atoms with Crippen LogP contribution in [0.3, 0.4) is 0 Å². The lowest BCUT2D eigenvalue weighted by Crippen LogP contribution is -2.07. The number of pyridine rings is 2. The number of H-pyrrole nitrogens is 1. The number of ether oxygens (including phenoxy) is 2. The summed E-state index contributed by atoms with van der Waals surface area (Å²) in [6, 6.07) is 3.15. The van der Waals surface area contributed by atoms with Crippen molar-refractivity contribution in [3.63, 3.8) is 0 Å². The van der Waals surface area contributed by atoms with Crippen LogP contribution >= 0.6 is 0 Å². The number of nitrogens with one attached hydrogen (secondary N) is 1. The summed E-state index contributed by atoms with van der Waals surface area (Å²) in [6.07, 6.45) is 0. The molecule has 6 nitrogen and oxygen atoms in total. The van der Waals surface area contributed by atoms with E-state index in [1.807, 2.05) is 6.92 Å². The van der Waals surface area contributed by atoms with Gasteiger partial charge in [0.25, 0.3) is 5.56 Å². The summed E-state index contributed by atoms with van der Waals surface area (Å²) < 4.78 is 10.4. The molecule has 2 N–H and O–H groups in total. The lowest BCUT2D eigenvalue weighted by molar-refractivity contribution is 0.365. The second-order valence-corrected chi connectivity index (χ2v) is 4.41. The highest BCUT2D eigenvalue weighted by Crippen LogP contribution is 2.39. The number of nitrogens with zero attached hydrogens (tertiary/aromatic N) is 1. The van der Waals surface area contributed by atoms with E-state index in [9.17, 15) is 9.90 Å². The number of aryl methyl sites for hydroxylation is 2. The Morgan fingerprint density at radius 2 is 1.75 bits per heavy atom. The molecule has 6 heteroatoms. The molecule has 2 aromatic rings. The summed E-state index contributed by atoms with van der Waals surface area (Å²) in [5.41, 5.74) is 2.22. The Balaban J connectivity index is 2.79. The highest BCUT2D eigenvalue weighted by Gasteiger charge is 2.19. The van der Waals surface area contributed by atoms with Crippen LogP contribution in [-0.2, 0) is 0 Å². The quantitative estimate of drug-likeness (QED) is 0.892. The molecule has 0 amide bonds. The van der Waals surface area contributed by atoms with E-state index in [-0.39, 0.29) is 11.4 Å². The van der Waals surface area contributed by atoms with Crippen molar-refractivity contribution in [2.45, 2.75) is 13.8 Å². The molecule has 2 rings (SSSR count). The van der Waals surface area contributed by atoms with Crippen molar-refractivity contribution in [3.8, 4) is 28.8 Å². The fraction of sp³-hybridized carbons (Fsp3) is 0.286. The van der Waals surface area contributed by atoms with Crippen LogP contribution in [0.25, 0.3) is 11.1 Å². The van der Waals surface area contributed by atoms with Gasteiger partial charge in [-0.05, 0) is 25.0 Å². The largest absolute Gasteiger partial charge is 0.494 e. The van der Waals surface area contributed by atoms with Gasteiger partial charge < -0.3 is 14.6 Å². The highest BCUT2D eigenvalue weighted by atomic mass is 16.5. The average molecular weight is 276 g/mol. The molecule has 0 saturated carbocycles. The van der Waals surface area contributed by atoms with Crippen molar-refractivity contribution < 1.29 is 14.6 Å². The van der Waals surface area contributed by atoms with Crippen LogP contribution in [0.1, 0.15) is 11.1 Å². The molecule has 2 aromatic heterocycles. The molecule has 0 aliphatic heterocycles. The minimum absolute atomic E-state index is 0.205. The monoisotopic (exact) mass is 276 g/mol. The topological polar surface area (TPSA) is 84.4 Å². The van der Waals surface area contributed by atoms with Crippen molar-refractivity contribution in [2.75, 3.05) is 14.2 Å². The molecular formula is C14H16N2O4. The Bertz CT molecular complexity index is 681. The van der Waals surface area contributed by atoms with E-state index in [4.69, 9.17) is 9.47 Å². The van der Waals surface area contributed by atoms with Gasteiger partial charge in [0.1, 0.15) is 0 Å². The SMILES string of the molecule is COc1cc(C)c(-c2c(C)cc(=O)[nH]c2O)c(OC)n1. The molecule has 20 heavy (non-hydrogen) atoms. The average Bonchev–Trinajstić information content (AvgIpc) is 2.38. The first-order valence-corrected chi connectivity index (χ1v) is 6.00. The molecule has 0 radical (unpaired) electrons. The van der Waals surface area contributed by atoms with E-state index in [1.165, 1.54) is 20.3 Å². The van der Waals surface area contributed by atoms with Gasteiger partial charge in [0.2, 0.25) is 11.8 Å². The van der Waals surface area contributed by atoms with E-state index in [0.717, 1.165) is 5.56 Å². The number of hydrogen-bond donors (Lipinski definition) is 2. The molecule has 0 unspecified atom stereocenters. The maximum atomic E-state index is 11.4. The Morgan fingerprint density at radius 1 is 1.10 bits per heavy atom. The van der Waals surface area contributed by atoms with Gasteiger partial charge in [0.05, 0.1) is 25.3 Å². The molecule has 0 fully saturated rings. The fourth-order valence-corrected chi connectivity index (χ4v) is 2.16. The third-order valence-electron chi connectivity index (χ3n) is 3.03. The molecule has 0 atom stereocenters. The van der Waals surface area contributed by atoms with Crippen LogP contribution in [0.5, 0.6) is 17.6 Å². The van der Waals surface area contributed by atoms with Crippen molar-refractivity contribution in [1.29, 1.82) is 0 Å². The maximum absolute atomic E-state index is 11.4. The third-order valence-corrected chi connectivity index (χ3v) is 3.03. The smallest absolute Gasteiger partial charge is 0.250 e. The number of aromatic nitrogens is 2. The molecule has 0 saturated heterocycles. The van der Waals surface area contributed by atoms with E-state index in [2.05, 4.69) is 9.97 Å². The lowest BCUT2D eigenvalue weighted by atomic mass is 9.99. The zero-order chi connectivity index (χ0) is 14.9. The predicted molar refractivity (Wildman–Crippen MR) is 74.5 cm³/mol. The van der Waals surface area contributed by atoms with Crippen LogP contribution in [0.2, 0.25) is 0 Å². The Morgan fingerprint density at radius 3 is 2.30 bits per heavy atom. The minimum Gasteiger partial charge on any atom is -0.494 e. The van der Waals surface area contributed by atoms with Gasteiger partial charge in [-0.1, -0.05) is 0 Å². The Kier molecular flexibility index (Phi) is 3.65. The van der Waals surface area contributed by atoms with E-state index in [0.29, 0.717) is 28.5 Å². The zero-order valence-electron chi connectivity index (χ0n) is 11.8. The number of aromatic amines is 1. The molecule has 2 heterocycles. The number of methoxy groups -OCH3 is 2. The predicted octanol–water partition coefficient (Wildman–Crippen LogP) is 1.78. The van der Waals surface area contributed by atoms with Crippen molar-refractivity contribution >= 4 is 0 Å². The first-order valence-electron chi connectivity index (χ1n) is 6.00.